The van der Waals surface area contributed by atoms with E-state index in [0.29, 0.717) is 16.8 Å². The number of para-hydroxylation sites is 1. The van der Waals surface area contributed by atoms with Gasteiger partial charge in [0.25, 0.3) is 0 Å². The summed E-state index contributed by atoms with van der Waals surface area (Å²) < 4.78 is 6.73. The van der Waals surface area contributed by atoms with Crippen molar-refractivity contribution < 1.29 is 0 Å². The fraction of sp³-hybridized carbons (Fsp3) is 0. The molecule has 5 nitrogen and oxygen atoms in total. The van der Waals surface area contributed by atoms with Crippen LogP contribution in [0.1, 0.15) is 11.1 Å². The van der Waals surface area contributed by atoms with Crippen LogP contribution in [0.3, 0.4) is 0 Å². The van der Waals surface area contributed by atoms with Crippen molar-refractivity contribution in [2.24, 2.45) is 0 Å². The second-order valence-corrected chi connectivity index (χ2v) is 12.1. The average molecular weight is 590 g/mol. The lowest BCUT2D eigenvalue weighted by molar-refractivity contribution is 1.13. The van der Waals surface area contributed by atoms with E-state index in [1.807, 2.05) is 48.5 Å². The third-order valence-corrected chi connectivity index (χ3v) is 9.96. The topological polar surface area (TPSA) is 61.8 Å². The van der Waals surface area contributed by atoms with Gasteiger partial charge < -0.3 is 9.13 Å². The summed E-state index contributed by atoms with van der Waals surface area (Å²) in [6.07, 6.45) is 0. The molecule has 0 radical (unpaired) electrons. The lowest BCUT2D eigenvalue weighted by Crippen LogP contribution is -1.98. The smallest absolute Gasteiger partial charge is 0.204 e. The van der Waals surface area contributed by atoms with E-state index in [-0.39, 0.29) is 0 Å². The van der Waals surface area contributed by atoms with Crippen molar-refractivity contribution >= 4 is 80.8 Å². The zero-order valence-corrected chi connectivity index (χ0v) is 24.4. The Hall–Kier alpha value is -6.39. The van der Waals surface area contributed by atoms with Gasteiger partial charge in [-0.1, -0.05) is 42.5 Å². The van der Waals surface area contributed by atoms with Crippen molar-refractivity contribution in [1.29, 1.82) is 10.5 Å². The van der Waals surface area contributed by atoms with Gasteiger partial charge in [0.2, 0.25) is 5.69 Å². The van der Waals surface area contributed by atoms with Crippen molar-refractivity contribution in [2.75, 3.05) is 0 Å². The van der Waals surface area contributed by atoms with Gasteiger partial charge in [-0.05, 0) is 78.2 Å². The molecule has 0 atom stereocenters. The third kappa shape index (κ3) is 3.45. The van der Waals surface area contributed by atoms with Crippen LogP contribution >= 0.6 is 11.3 Å². The van der Waals surface area contributed by atoms with E-state index in [0.717, 1.165) is 54.3 Å². The Morgan fingerprint density at radius 2 is 1.16 bits per heavy atom. The first-order valence-electron chi connectivity index (χ1n) is 14.4. The predicted molar refractivity (Wildman–Crippen MR) is 184 cm³/mol. The average Bonchev–Trinajstić information content (AvgIpc) is 3.75. The molecule has 0 aliphatic carbocycles. The van der Waals surface area contributed by atoms with Crippen molar-refractivity contribution in [3.63, 3.8) is 0 Å². The number of nitriles is 2. The number of hydrogen-bond donors (Lipinski definition) is 0. The number of rotatable bonds is 2. The molecule has 206 valence electrons. The number of fused-ring (bicyclic) bond motifs is 10. The molecule has 0 fully saturated rings. The highest BCUT2D eigenvalue weighted by Gasteiger charge is 2.20. The van der Waals surface area contributed by atoms with Crippen LogP contribution in [0, 0.1) is 29.2 Å². The molecule has 45 heavy (non-hydrogen) atoms. The van der Waals surface area contributed by atoms with Crippen LogP contribution in [-0.2, 0) is 0 Å². The van der Waals surface area contributed by atoms with E-state index in [2.05, 4.69) is 92.8 Å². The molecule has 3 aromatic heterocycles. The summed E-state index contributed by atoms with van der Waals surface area (Å²) in [5.74, 6) is 0. The zero-order valence-electron chi connectivity index (χ0n) is 23.6. The van der Waals surface area contributed by atoms with Gasteiger partial charge in [0.1, 0.15) is 0 Å². The van der Waals surface area contributed by atoms with Crippen LogP contribution in [0.15, 0.2) is 115 Å². The van der Waals surface area contributed by atoms with Crippen LogP contribution < -0.4 is 0 Å². The third-order valence-electron chi connectivity index (χ3n) is 8.77. The summed E-state index contributed by atoms with van der Waals surface area (Å²) in [4.78, 5) is 3.81. The minimum absolute atomic E-state index is 0.582. The Labute approximate surface area is 261 Å². The van der Waals surface area contributed by atoms with Crippen molar-refractivity contribution in [1.82, 2.24) is 9.13 Å². The van der Waals surface area contributed by atoms with Gasteiger partial charge in [-0.15, -0.1) is 11.3 Å². The SMILES string of the molecule is [C-]#[N+]c1cccc2c1sc1ccc3c(c4ccccc4n3-c3cccc(-n4c5ccc(C#N)cc5c5cc(C#N)ccc54)c3)c12. The standard InChI is InChI=1S/C39H19N5S/c1-42-31-10-5-9-28-38-36(45-39(28)31)17-16-35-37(38)27-8-2-3-11-32(27)44(35)26-7-4-6-25(20-26)43-33-14-12-23(21-40)18-29(33)30-19-24(22-41)13-15-34(30)43/h2-20H. The minimum Gasteiger partial charge on any atom is -0.309 e. The Kier molecular flexibility index (Phi) is 5.20. The van der Waals surface area contributed by atoms with E-state index < -0.39 is 0 Å². The Morgan fingerprint density at radius 3 is 1.84 bits per heavy atom. The number of benzene rings is 6. The van der Waals surface area contributed by atoms with Gasteiger partial charge in [0, 0.05) is 47.7 Å². The molecule has 0 spiro atoms. The predicted octanol–water partition coefficient (Wildman–Crippen LogP) is 10.5. The van der Waals surface area contributed by atoms with E-state index in [1.165, 1.54) is 20.9 Å². The highest BCUT2D eigenvalue weighted by Crippen LogP contribution is 2.46. The van der Waals surface area contributed by atoms with E-state index >= 15 is 0 Å². The quantitative estimate of drug-likeness (QED) is 0.188. The summed E-state index contributed by atoms with van der Waals surface area (Å²) in [6, 6.07) is 43.4. The first-order chi connectivity index (χ1) is 22.2. The highest BCUT2D eigenvalue weighted by atomic mass is 32.1. The molecule has 0 bridgehead atoms. The van der Waals surface area contributed by atoms with Gasteiger partial charge in [-0.3, -0.25) is 0 Å². The lowest BCUT2D eigenvalue weighted by Gasteiger charge is -2.13. The van der Waals surface area contributed by atoms with Gasteiger partial charge in [0.05, 0.1) is 51.9 Å². The highest BCUT2D eigenvalue weighted by molar-refractivity contribution is 7.26. The molecule has 0 aliphatic heterocycles. The normalized spacial score (nSPS) is 11.5. The van der Waals surface area contributed by atoms with E-state index in [9.17, 15) is 10.5 Å². The lowest BCUT2D eigenvalue weighted by atomic mass is 10.1. The summed E-state index contributed by atoms with van der Waals surface area (Å²) in [7, 11) is 0. The maximum atomic E-state index is 9.62. The van der Waals surface area contributed by atoms with Crippen molar-refractivity contribution in [3.8, 4) is 23.5 Å². The second kappa shape index (κ2) is 9.30. The number of aromatic nitrogens is 2. The van der Waals surface area contributed by atoms with Gasteiger partial charge >= 0.3 is 0 Å². The molecule has 0 amide bonds. The largest absolute Gasteiger partial charge is 0.309 e. The molecular formula is C39H19N5S. The molecule has 0 unspecified atom stereocenters. The molecule has 9 rings (SSSR count). The summed E-state index contributed by atoms with van der Waals surface area (Å²) >= 11 is 1.68. The van der Waals surface area contributed by atoms with Crippen LogP contribution in [0.4, 0.5) is 5.69 Å². The van der Waals surface area contributed by atoms with Gasteiger partial charge in [0.15, 0.2) is 0 Å². The van der Waals surface area contributed by atoms with Crippen LogP contribution in [0.2, 0.25) is 0 Å². The minimum atomic E-state index is 0.582. The number of thiophene rings is 1. The molecule has 0 aliphatic rings. The van der Waals surface area contributed by atoms with Crippen LogP contribution in [0.5, 0.6) is 0 Å². The molecular weight excluding hydrogens is 571 g/mol. The van der Waals surface area contributed by atoms with Crippen LogP contribution in [0.25, 0.3) is 80.0 Å². The number of hydrogen-bond acceptors (Lipinski definition) is 3. The van der Waals surface area contributed by atoms with E-state index in [4.69, 9.17) is 6.57 Å². The maximum Gasteiger partial charge on any atom is 0.204 e. The van der Waals surface area contributed by atoms with Crippen molar-refractivity contribution in [2.45, 2.75) is 0 Å². The monoisotopic (exact) mass is 589 g/mol. The summed E-state index contributed by atoms with van der Waals surface area (Å²) in [5, 5.41) is 25.8. The van der Waals surface area contributed by atoms with Crippen molar-refractivity contribution in [3.05, 3.63) is 138 Å². The summed E-state index contributed by atoms with van der Waals surface area (Å²) in [5.41, 5.74) is 8.02. The number of nitrogens with zero attached hydrogens (tertiary/aromatic N) is 5. The molecule has 0 saturated heterocycles. The second-order valence-electron chi connectivity index (χ2n) is 11.1. The maximum absolute atomic E-state index is 9.62. The van der Waals surface area contributed by atoms with E-state index in [1.54, 1.807) is 11.3 Å². The van der Waals surface area contributed by atoms with Gasteiger partial charge in [-0.25, -0.2) is 4.85 Å². The molecule has 6 aromatic carbocycles. The molecule has 0 N–H and O–H groups in total. The fourth-order valence-corrected chi connectivity index (χ4v) is 8.08. The Morgan fingerprint density at radius 1 is 0.556 bits per heavy atom. The first-order valence-corrected chi connectivity index (χ1v) is 15.2. The molecule has 3 heterocycles. The zero-order chi connectivity index (χ0) is 30.2. The van der Waals surface area contributed by atoms with Gasteiger partial charge in [-0.2, -0.15) is 10.5 Å². The first kappa shape index (κ1) is 25.1. The molecule has 6 heteroatoms. The van der Waals surface area contributed by atoms with Crippen LogP contribution in [-0.4, -0.2) is 9.13 Å². The summed E-state index contributed by atoms with van der Waals surface area (Å²) in [6.45, 7) is 7.73. The Bertz CT molecular complexity index is 2790. The molecule has 0 saturated carbocycles. The Balaban J connectivity index is 1.35. The molecule has 9 aromatic rings. The fourth-order valence-electron chi connectivity index (χ4n) is 6.91.